The maximum atomic E-state index is 13.8. The fraction of sp³-hybridized carbons (Fsp3) is 0.0769. The van der Waals surface area contributed by atoms with Crippen LogP contribution in [0.2, 0.25) is 0 Å². The van der Waals surface area contributed by atoms with E-state index in [9.17, 15) is 31.5 Å². The molecule has 346 valence electrons. The SMILES string of the molecule is O=C(O)C1(F)C=CC(F)(F)C(O)(F)C1(F)C(=O)O.c1ccc(P(c2ccccc2)c2ccc(Oc3cccs3)cc2)cc1.c1ccc(P(c2ccccc2)c2ccc(Oc3cccs3)cc2)cc1. The van der Waals surface area contributed by atoms with Crippen LogP contribution in [0.15, 0.2) is 217 Å². The molecular weight excluding hydrogens is 958 g/mol. The minimum Gasteiger partial charge on any atom is -0.479 e. The Hall–Kier alpha value is -6.53. The Bertz CT molecular complexity index is 2640. The summed E-state index contributed by atoms with van der Waals surface area (Å²) in [6.07, 6.45) is -1.40. The molecule has 68 heavy (non-hydrogen) atoms. The zero-order valence-electron chi connectivity index (χ0n) is 35.4. The molecule has 9 rings (SSSR count). The number of benzene rings is 6. The van der Waals surface area contributed by atoms with E-state index in [0.29, 0.717) is 0 Å². The summed E-state index contributed by atoms with van der Waals surface area (Å²) in [6, 6.07) is 67.9. The summed E-state index contributed by atoms with van der Waals surface area (Å²) in [5, 5.41) is 39.2. The van der Waals surface area contributed by atoms with Crippen LogP contribution in [0.5, 0.6) is 21.6 Å². The van der Waals surface area contributed by atoms with E-state index >= 15 is 0 Å². The highest BCUT2D eigenvalue weighted by molar-refractivity contribution is 7.80. The first kappa shape index (κ1) is 49.4. The van der Waals surface area contributed by atoms with E-state index in [4.69, 9.17) is 24.8 Å². The van der Waals surface area contributed by atoms with Crippen LogP contribution < -0.4 is 41.3 Å². The van der Waals surface area contributed by atoms with E-state index in [1.165, 1.54) is 31.8 Å². The molecule has 0 spiro atoms. The standard InChI is InChI=1S/2C22H17OPS.C8H5F5O5/c2*1-3-8-19(9-4-1)24(20-10-5-2-6-11-20)21-15-13-18(14-16-21)23-22-12-7-17-25-22;9-5(3(14)15)1-2-6(10,11)8(13,18)7(5,12)4(16)17/h2*1-17H;1-2,18H,(H,14,15)(H,16,17). The summed E-state index contributed by atoms with van der Waals surface area (Å²) in [5.41, 5.74) is -10.1. The van der Waals surface area contributed by atoms with Crippen LogP contribution in [0.1, 0.15) is 0 Å². The van der Waals surface area contributed by atoms with E-state index in [1.54, 1.807) is 22.7 Å². The predicted molar refractivity (Wildman–Crippen MR) is 262 cm³/mol. The molecule has 16 heteroatoms. The maximum Gasteiger partial charge on any atom is 0.352 e. The summed E-state index contributed by atoms with van der Waals surface area (Å²) < 4.78 is 78.2. The highest BCUT2D eigenvalue weighted by Crippen LogP contribution is 2.53. The summed E-state index contributed by atoms with van der Waals surface area (Å²) in [6.45, 7) is 0. The Morgan fingerprint density at radius 3 is 1.03 bits per heavy atom. The first-order valence-corrected chi connectivity index (χ1v) is 24.9. The van der Waals surface area contributed by atoms with Gasteiger partial charge in [0.25, 0.3) is 5.67 Å². The van der Waals surface area contributed by atoms with Gasteiger partial charge in [-0.3, -0.25) is 0 Å². The van der Waals surface area contributed by atoms with Gasteiger partial charge in [-0.1, -0.05) is 146 Å². The second-order valence-electron chi connectivity index (χ2n) is 14.6. The van der Waals surface area contributed by atoms with Crippen molar-refractivity contribution in [2.45, 2.75) is 23.1 Å². The normalized spacial score (nSPS) is 19.2. The van der Waals surface area contributed by atoms with Gasteiger partial charge in [-0.2, -0.15) is 8.78 Å². The van der Waals surface area contributed by atoms with Gasteiger partial charge < -0.3 is 24.8 Å². The zero-order chi connectivity index (χ0) is 48.4. The first-order chi connectivity index (χ1) is 32.6. The summed E-state index contributed by atoms with van der Waals surface area (Å²) in [7, 11) is -1.12. The van der Waals surface area contributed by atoms with Gasteiger partial charge in [0.05, 0.1) is 0 Å². The fourth-order valence-electron chi connectivity index (χ4n) is 6.84. The molecule has 0 bridgehead atoms. The minimum absolute atomic E-state index is 0.561. The highest BCUT2D eigenvalue weighted by Gasteiger charge is 2.84. The number of thiophene rings is 2. The highest BCUT2D eigenvalue weighted by atomic mass is 32.1. The van der Waals surface area contributed by atoms with Gasteiger partial charge in [-0.05, 0) is 119 Å². The number of hydrogen-bond donors (Lipinski definition) is 3. The maximum absolute atomic E-state index is 13.8. The van der Waals surface area contributed by atoms with Crippen LogP contribution in [0, 0.1) is 0 Å². The first-order valence-electron chi connectivity index (χ1n) is 20.4. The Morgan fingerprint density at radius 2 is 0.750 bits per heavy atom. The third-order valence-corrected chi connectivity index (χ3v) is 16.6. The largest absolute Gasteiger partial charge is 0.479 e. The van der Waals surface area contributed by atoms with E-state index < -0.39 is 63.0 Å². The lowest BCUT2D eigenvalue weighted by molar-refractivity contribution is -0.315. The lowest BCUT2D eigenvalue weighted by atomic mass is 9.73. The molecule has 0 saturated heterocycles. The van der Waals surface area contributed by atoms with E-state index in [-0.39, 0.29) is 0 Å². The van der Waals surface area contributed by atoms with Crippen molar-refractivity contribution >= 4 is 82.3 Å². The van der Waals surface area contributed by atoms with Gasteiger partial charge in [0.15, 0.2) is 10.1 Å². The van der Waals surface area contributed by atoms with Crippen molar-refractivity contribution in [1.29, 1.82) is 0 Å². The topological polar surface area (TPSA) is 113 Å². The fourth-order valence-corrected chi connectivity index (χ4v) is 12.6. The lowest BCUT2D eigenvalue weighted by Gasteiger charge is -2.43. The number of halogens is 5. The monoisotopic (exact) mass is 996 g/mol. The number of ether oxygens (including phenoxy) is 2. The van der Waals surface area contributed by atoms with Crippen LogP contribution in [0.4, 0.5) is 22.0 Å². The molecular formula is C52H39F5O7P2S2. The van der Waals surface area contributed by atoms with Crippen molar-refractivity contribution in [3.8, 4) is 21.6 Å². The average molecular weight is 997 g/mol. The van der Waals surface area contributed by atoms with Crippen LogP contribution in [0.25, 0.3) is 0 Å². The van der Waals surface area contributed by atoms with E-state index in [0.717, 1.165) is 21.6 Å². The average Bonchev–Trinajstić information content (AvgIpc) is 4.08. The lowest BCUT2D eigenvalue weighted by Crippen LogP contribution is -2.75. The molecule has 1 aliphatic carbocycles. The molecule has 3 N–H and O–H groups in total. The van der Waals surface area contributed by atoms with Crippen LogP contribution in [0.3, 0.4) is 0 Å². The predicted octanol–water partition coefficient (Wildman–Crippen LogP) is 11.0. The Balaban J connectivity index is 0.000000154. The van der Waals surface area contributed by atoms with Crippen molar-refractivity contribution in [3.05, 3.63) is 217 Å². The minimum atomic E-state index is -5.58. The summed E-state index contributed by atoms with van der Waals surface area (Å²) in [5.74, 6) is -15.0. The second-order valence-corrected chi connectivity index (χ2v) is 20.9. The summed E-state index contributed by atoms with van der Waals surface area (Å²) >= 11 is 3.21. The molecule has 1 aliphatic rings. The van der Waals surface area contributed by atoms with Crippen molar-refractivity contribution in [3.63, 3.8) is 0 Å². The smallest absolute Gasteiger partial charge is 0.352 e. The molecule has 2 aromatic heterocycles. The second kappa shape index (κ2) is 21.6. The summed E-state index contributed by atoms with van der Waals surface area (Å²) in [4.78, 5) is 20.9. The van der Waals surface area contributed by atoms with Gasteiger partial charge in [-0.15, -0.1) is 22.7 Å². The van der Waals surface area contributed by atoms with Gasteiger partial charge in [-0.25, -0.2) is 22.8 Å². The molecule has 0 radical (unpaired) electrons. The van der Waals surface area contributed by atoms with Crippen LogP contribution in [-0.2, 0) is 9.59 Å². The quantitative estimate of drug-likeness (QED) is 0.0635. The van der Waals surface area contributed by atoms with E-state index in [1.807, 2.05) is 35.0 Å². The van der Waals surface area contributed by atoms with Gasteiger partial charge in [0.2, 0.25) is 0 Å². The molecule has 0 aliphatic heterocycles. The van der Waals surface area contributed by atoms with Crippen LogP contribution >= 0.6 is 38.5 Å². The number of aliphatic carboxylic acids is 2. The molecule has 7 nitrogen and oxygen atoms in total. The molecule has 2 heterocycles. The van der Waals surface area contributed by atoms with E-state index in [2.05, 4.69) is 170 Å². The molecule has 8 aromatic rings. The number of carboxylic acid groups (broad SMARTS) is 2. The third-order valence-electron chi connectivity index (χ3n) is 10.2. The Labute approximate surface area is 398 Å². The van der Waals surface area contributed by atoms with Crippen molar-refractivity contribution in [2.24, 2.45) is 0 Å². The van der Waals surface area contributed by atoms with Crippen molar-refractivity contribution < 1.29 is 56.3 Å². The van der Waals surface area contributed by atoms with Gasteiger partial charge >= 0.3 is 29.4 Å². The number of carboxylic acids is 2. The number of aliphatic hydroxyl groups is 1. The Morgan fingerprint density at radius 1 is 0.426 bits per heavy atom. The molecule has 3 atom stereocenters. The van der Waals surface area contributed by atoms with Crippen LogP contribution in [-0.4, -0.2) is 50.4 Å². The molecule has 3 unspecified atom stereocenters. The molecule has 6 aromatic carbocycles. The molecule has 0 fully saturated rings. The molecule has 0 saturated carbocycles. The van der Waals surface area contributed by atoms with Gasteiger partial charge in [0, 0.05) is 0 Å². The number of carbonyl (C=O) groups is 2. The van der Waals surface area contributed by atoms with Crippen molar-refractivity contribution in [2.75, 3.05) is 0 Å². The third kappa shape index (κ3) is 10.8. The molecule has 0 amide bonds. The number of hydrogen-bond acceptors (Lipinski definition) is 7. The number of alkyl halides is 5. The van der Waals surface area contributed by atoms with Gasteiger partial charge in [0.1, 0.15) is 11.5 Å². The van der Waals surface area contributed by atoms with Crippen molar-refractivity contribution in [1.82, 2.24) is 0 Å². The number of rotatable bonds is 12. The zero-order valence-corrected chi connectivity index (χ0v) is 38.8. The Kier molecular flexibility index (Phi) is 15.7.